The van der Waals surface area contributed by atoms with E-state index in [1.165, 1.54) is 6.92 Å². The average Bonchev–Trinajstić information content (AvgIpc) is 2.71. The lowest BCUT2D eigenvalue weighted by atomic mass is 10.1. The van der Waals surface area contributed by atoms with E-state index in [-0.39, 0.29) is 42.2 Å². The third-order valence-electron chi connectivity index (χ3n) is 4.57. The molecule has 0 N–H and O–H groups in total. The van der Waals surface area contributed by atoms with Crippen molar-refractivity contribution in [2.45, 2.75) is 58.5 Å². The fourth-order valence-electron chi connectivity index (χ4n) is 2.96. The van der Waals surface area contributed by atoms with Gasteiger partial charge in [-0.1, -0.05) is 6.92 Å². The topological polar surface area (TPSA) is 65.6 Å². The van der Waals surface area contributed by atoms with Gasteiger partial charge in [0, 0.05) is 19.0 Å². The number of hydrogen-bond acceptors (Lipinski definition) is 4. The third kappa shape index (κ3) is 6.66. The zero-order chi connectivity index (χ0) is 26.8. The lowest BCUT2D eigenvalue weighted by Crippen LogP contribution is -2.43. The fraction of sp³-hybridized carbons (Fsp3) is 0.450. The minimum Gasteiger partial charge on any atom is -0.444 e. The van der Waals surface area contributed by atoms with Crippen LogP contribution in [-0.4, -0.2) is 15.1 Å². The molecule has 0 amide bonds. The molecule has 0 fully saturated rings. The zero-order valence-electron chi connectivity index (χ0n) is 18.1. The molecule has 2 rings (SSSR count). The van der Waals surface area contributed by atoms with Gasteiger partial charge >= 0.3 is 24.5 Å². The molecule has 0 saturated heterocycles. The van der Waals surface area contributed by atoms with Crippen molar-refractivity contribution in [3.8, 4) is 0 Å². The maximum Gasteiger partial charge on any atom is 0.431 e. The van der Waals surface area contributed by atoms with E-state index in [9.17, 15) is 49.1 Å². The normalized spacial score (nSPS) is 13.3. The van der Waals surface area contributed by atoms with Crippen LogP contribution >= 0.6 is 0 Å². The number of esters is 1. The number of halogens is 9. The van der Waals surface area contributed by atoms with E-state index in [1.807, 2.05) is 0 Å². The smallest absolute Gasteiger partial charge is 0.431 e. The van der Waals surface area contributed by atoms with Crippen LogP contribution in [-0.2, 0) is 41.3 Å². The first-order chi connectivity index (χ1) is 16.0. The van der Waals surface area contributed by atoms with Gasteiger partial charge in [0.15, 0.2) is 6.73 Å². The minimum atomic E-state index is -5.38. The Morgan fingerprint density at radius 1 is 0.914 bits per heavy atom. The van der Waals surface area contributed by atoms with E-state index >= 15 is 0 Å². The second-order valence-electron chi connectivity index (χ2n) is 7.07. The van der Waals surface area contributed by atoms with Gasteiger partial charge in [-0.05, 0) is 31.5 Å². The summed E-state index contributed by atoms with van der Waals surface area (Å²) in [5, 5.41) is 0. The summed E-state index contributed by atoms with van der Waals surface area (Å²) >= 11 is 0. The van der Waals surface area contributed by atoms with Gasteiger partial charge in [-0.2, -0.15) is 39.5 Å². The Morgan fingerprint density at radius 2 is 1.54 bits per heavy atom. The first-order valence-electron chi connectivity index (χ1n) is 9.91. The van der Waals surface area contributed by atoms with Gasteiger partial charge in [-0.25, -0.2) is 4.99 Å². The van der Waals surface area contributed by atoms with E-state index in [2.05, 4.69) is 4.99 Å². The molecule has 0 atom stereocenters. The van der Waals surface area contributed by atoms with Crippen molar-refractivity contribution in [3.05, 3.63) is 57.1 Å². The Morgan fingerprint density at radius 3 is 2.03 bits per heavy atom. The number of nitrogens with zero attached hydrogens (tertiary/aromatic N) is 3. The van der Waals surface area contributed by atoms with Gasteiger partial charge in [0.25, 0.3) is 5.56 Å². The number of ether oxygens (including phenoxy) is 1. The Bertz CT molecular complexity index is 1210. The maximum absolute atomic E-state index is 13.7. The van der Waals surface area contributed by atoms with Crippen LogP contribution in [0.5, 0.6) is 0 Å². The number of aromatic nitrogens is 2. The van der Waals surface area contributed by atoms with E-state index in [4.69, 9.17) is 4.74 Å². The van der Waals surface area contributed by atoms with E-state index < -0.39 is 64.9 Å². The van der Waals surface area contributed by atoms with Crippen molar-refractivity contribution in [1.82, 2.24) is 9.13 Å². The quantitative estimate of drug-likeness (QED) is 0.387. The molecule has 35 heavy (non-hydrogen) atoms. The molecule has 0 aliphatic rings. The molecule has 6 nitrogen and oxygen atoms in total. The molecule has 1 heterocycles. The first kappa shape index (κ1) is 28.0. The molecule has 0 saturated carbocycles. The molecule has 0 unspecified atom stereocenters. The third-order valence-corrected chi connectivity index (χ3v) is 4.57. The predicted octanol–water partition coefficient (Wildman–Crippen LogP) is 5.26. The number of hydrogen-bond donors (Lipinski definition) is 0. The van der Waals surface area contributed by atoms with Crippen molar-refractivity contribution in [2.24, 2.45) is 4.99 Å². The Hall–Kier alpha value is -3.26. The SMILES string of the molecule is CCCC(=O)OCn1c(C(F)(F)F)cc(=O)n(CC)c1=Nc1ccc(C(F)(F)F)cc1C(F)(F)F. The molecule has 1 aromatic carbocycles. The van der Waals surface area contributed by atoms with Crippen molar-refractivity contribution in [2.75, 3.05) is 0 Å². The number of alkyl halides is 9. The highest BCUT2D eigenvalue weighted by molar-refractivity contribution is 5.69. The van der Waals surface area contributed by atoms with Gasteiger partial charge in [-0.15, -0.1) is 0 Å². The average molecular weight is 519 g/mol. The number of rotatable bonds is 6. The van der Waals surface area contributed by atoms with Gasteiger partial charge in [0.1, 0.15) is 5.69 Å². The minimum absolute atomic E-state index is 0.146. The van der Waals surface area contributed by atoms with Crippen LogP contribution in [0.2, 0.25) is 0 Å². The lowest BCUT2D eigenvalue weighted by molar-refractivity contribution is -0.156. The molecule has 0 aliphatic heterocycles. The molecule has 0 aliphatic carbocycles. The summed E-state index contributed by atoms with van der Waals surface area (Å²) in [7, 11) is 0. The second kappa shape index (κ2) is 10.2. The second-order valence-corrected chi connectivity index (χ2v) is 7.07. The van der Waals surface area contributed by atoms with Crippen LogP contribution < -0.4 is 11.2 Å². The summed E-state index contributed by atoms with van der Waals surface area (Å²) in [5.41, 5.74) is -8.73. The van der Waals surface area contributed by atoms with Crippen LogP contribution in [0.4, 0.5) is 45.2 Å². The Balaban J connectivity index is 2.95. The predicted molar refractivity (Wildman–Crippen MR) is 102 cm³/mol. The van der Waals surface area contributed by atoms with Crippen molar-refractivity contribution in [3.63, 3.8) is 0 Å². The van der Waals surface area contributed by atoms with Crippen LogP contribution in [0.15, 0.2) is 34.1 Å². The molecule has 15 heteroatoms. The van der Waals surface area contributed by atoms with Gasteiger partial charge in [0.2, 0.25) is 5.62 Å². The molecule has 0 radical (unpaired) electrons. The molecular formula is C20H18F9N3O3. The zero-order valence-corrected chi connectivity index (χ0v) is 18.1. The molecular weight excluding hydrogens is 501 g/mol. The fourth-order valence-corrected chi connectivity index (χ4v) is 2.96. The molecule has 1 aromatic heterocycles. The van der Waals surface area contributed by atoms with Crippen molar-refractivity contribution >= 4 is 11.7 Å². The highest BCUT2D eigenvalue weighted by Gasteiger charge is 2.39. The number of carbonyl (C=O) groups excluding carboxylic acids is 1. The molecule has 194 valence electrons. The Kier molecular flexibility index (Phi) is 8.12. The van der Waals surface area contributed by atoms with Crippen molar-refractivity contribution < 1.29 is 49.0 Å². The number of benzene rings is 1. The highest BCUT2D eigenvalue weighted by Crippen LogP contribution is 2.40. The highest BCUT2D eigenvalue weighted by atomic mass is 19.4. The largest absolute Gasteiger partial charge is 0.444 e. The van der Waals surface area contributed by atoms with E-state index in [0.717, 1.165) is 0 Å². The molecule has 2 aromatic rings. The Labute approximate surface area is 191 Å². The van der Waals surface area contributed by atoms with Crippen molar-refractivity contribution in [1.29, 1.82) is 0 Å². The summed E-state index contributed by atoms with van der Waals surface area (Å²) in [6.07, 6.45) is -15.6. The van der Waals surface area contributed by atoms with Crippen LogP contribution in [0.3, 0.4) is 0 Å². The summed E-state index contributed by atoms with van der Waals surface area (Å²) in [6, 6.07) is 0.492. The summed E-state index contributed by atoms with van der Waals surface area (Å²) in [4.78, 5) is 27.5. The maximum atomic E-state index is 13.7. The molecule has 0 spiro atoms. The number of carbonyl (C=O) groups is 1. The van der Waals surface area contributed by atoms with E-state index in [0.29, 0.717) is 10.6 Å². The summed E-state index contributed by atoms with van der Waals surface area (Å²) in [6.45, 7) is 1.31. The van der Waals surface area contributed by atoms with Gasteiger partial charge in [-0.3, -0.25) is 18.7 Å². The molecule has 0 bridgehead atoms. The summed E-state index contributed by atoms with van der Waals surface area (Å²) < 4.78 is 126. The monoisotopic (exact) mass is 519 g/mol. The van der Waals surface area contributed by atoms with Crippen LogP contribution in [0, 0.1) is 0 Å². The standard InChI is InChI=1S/C20H18F9N3O3/c1-3-5-16(34)35-10-32-14(20(27,28)29)9-15(33)31(4-2)17(32)30-13-7-6-11(18(21,22)23)8-12(13)19(24,25)26/h6-9H,3-5,10H2,1-2H3. The van der Waals surface area contributed by atoms with Gasteiger partial charge < -0.3 is 4.74 Å². The van der Waals surface area contributed by atoms with Gasteiger partial charge in [0.05, 0.1) is 16.8 Å². The first-order valence-corrected chi connectivity index (χ1v) is 9.91. The van der Waals surface area contributed by atoms with Crippen LogP contribution in [0.1, 0.15) is 43.5 Å². The lowest BCUT2D eigenvalue weighted by Gasteiger charge is -2.19. The van der Waals surface area contributed by atoms with E-state index in [1.54, 1.807) is 6.92 Å². The summed E-state index contributed by atoms with van der Waals surface area (Å²) in [5.74, 6) is -0.932. The van der Waals surface area contributed by atoms with Crippen LogP contribution in [0.25, 0.3) is 0 Å².